The van der Waals surface area contributed by atoms with Crippen molar-refractivity contribution in [2.75, 3.05) is 0 Å². The molecular weight excluding hydrogens is 248 g/mol. The molecule has 4 N–H and O–H groups in total. The van der Waals surface area contributed by atoms with Gasteiger partial charge in [0.05, 0.1) is 5.57 Å². The summed E-state index contributed by atoms with van der Waals surface area (Å²) in [6.45, 7) is 5.95. The fourth-order valence-corrected chi connectivity index (χ4v) is 3.23. The monoisotopic (exact) mass is 269 g/mol. The van der Waals surface area contributed by atoms with Crippen LogP contribution in [-0.4, -0.2) is 16.7 Å². The lowest BCUT2D eigenvalue weighted by Crippen LogP contribution is -2.43. The molecule has 1 aliphatic rings. The molecule has 0 atom stereocenters. The zero-order chi connectivity index (χ0) is 13.9. The molecule has 0 radical (unpaired) electrons. The first-order valence-electron chi connectivity index (χ1n) is 6.12. The Labute approximate surface area is 112 Å². The Morgan fingerprint density at radius 3 is 2.56 bits per heavy atom. The molecule has 18 heavy (non-hydrogen) atoms. The van der Waals surface area contributed by atoms with E-state index < -0.39 is 0 Å². The van der Waals surface area contributed by atoms with Crippen molar-refractivity contribution in [2.45, 2.75) is 46.5 Å². The molecule has 0 amide bonds. The van der Waals surface area contributed by atoms with E-state index in [4.69, 9.17) is 11.1 Å². The van der Waals surface area contributed by atoms with E-state index in [0.29, 0.717) is 24.8 Å². The average Bonchev–Trinajstić information content (AvgIpc) is 2.13. The minimum absolute atomic E-state index is 0.0755. The molecule has 1 aliphatic carbocycles. The number of rotatable bonds is 4. The highest BCUT2D eigenvalue weighted by Gasteiger charge is 2.36. The number of carbonyl (C=O) groups is 2. The summed E-state index contributed by atoms with van der Waals surface area (Å²) in [6.07, 6.45) is 2.22. The fourth-order valence-electron chi connectivity index (χ4n) is 2.16. The molecule has 4 nitrogen and oxygen atoms in total. The summed E-state index contributed by atoms with van der Waals surface area (Å²) in [7, 11) is 0. The van der Waals surface area contributed by atoms with Crippen molar-refractivity contribution in [2.24, 2.45) is 11.1 Å². The van der Waals surface area contributed by atoms with Gasteiger partial charge in [0, 0.05) is 17.7 Å². The summed E-state index contributed by atoms with van der Waals surface area (Å²) in [5.74, 6) is -0.157. The maximum absolute atomic E-state index is 12.1. The van der Waals surface area contributed by atoms with Gasteiger partial charge in [-0.3, -0.25) is 20.7 Å². The van der Waals surface area contributed by atoms with Crippen LogP contribution < -0.4 is 11.1 Å². The van der Waals surface area contributed by atoms with Crippen LogP contribution in [-0.2, 0) is 9.59 Å². The average molecular weight is 269 g/mol. The van der Waals surface area contributed by atoms with Gasteiger partial charge in [-0.2, -0.15) is 0 Å². The number of nitrogens with two attached hydrogens (primary N) is 2. The lowest BCUT2D eigenvalue weighted by atomic mass is 9.76. The van der Waals surface area contributed by atoms with E-state index in [2.05, 4.69) is 0 Å². The highest BCUT2D eigenvalue weighted by Crippen LogP contribution is 2.41. The standard InChI is InChI=1S/C13H20N2O2S/c1-4-5-8(16)11-9(17)6-13(2,3)7-10(11)18-12(14)15/h4-7H2,1-3H3,(H3,14,15)/p+1. The van der Waals surface area contributed by atoms with Crippen LogP contribution in [0.2, 0.25) is 0 Å². The third kappa shape index (κ3) is 3.70. The molecule has 0 saturated carbocycles. The van der Waals surface area contributed by atoms with Crippen molar-refractivity contribution in [3.63, 3.8) is 0 Å². The normalized spacial score (nSPS) is 18.9. The van der Waals surface area contributed by atoms with Crippen molar-refractivity contribution in [1.29, 1.82) is 0 Å². The third-order valence-corrected chi connectivity index (χ3v) is 3.66. The highest BCUT2D eigenvalue weighted by atomic mass is 32.2. The minimum Gasteiger partial charge on any atom is -0.294 e. The van der Waals surface area contributed by atoms with Gasteiger partial charge in [0.15, 0.2) is 11.6 Å². The summed E-state index contributed by atoms with van der Waals surface area (Å²) in [6, 6.07) is 0. The second-order valence-electron chi connectivity index (χ2n) is 5.42. The second-order valence-corrected chi connectivity index (χ2v) is 6.59. The number of thioether (sulfide) groups is 1. The number of allylic oxidation sites excluding steroid dienone is 2. The SMILES string of the molecule is CCCC(=O)C1=C(SC(N)=[NH2+])CC(C)(C)CC1=O. The summed E-state index contributed by atoms with van der Waals surface area (Å²) in [5, 5.41) is 5.67. The van der Waals surface area contributed by atoms with Crippen LogP contribution in [0.4, 0.5) is 0 Å². The van der Waals surface area contributed by atoms with E-state index in [9.17, 15) is 9.59 Å². The minimum atomic E-state index is -0.134. The molecule has 0 aromatic heterocycles. The number of ketones is 2. The van der Waals surface area contributed by atoms with Gasteiger partial charge in [0.1, 0.15) is 0 Å². The zero-order valence-electron chi connectivity index (χ0n) is 11.2. The Balaban J connectivity index is 3.15. The molecule has 5 heteroatoms. The van der Waals surface area contributed by atoms with Crippen molar-refractivity contribution >= 4 is 28.5 Å². The first-order valence-corrected chi connectivity index (χ1v) is 6.94. The third-order valence-electron chi connectivity index (χ3n) is 2.83. The predicted molar refractivity (Wildman–Crippen MR) is 73.7 cm³/mol. The summed E-state index contributed by atoms with van der Waals surface area (Å²) < 4.78 is 0. The smallest absolute Gasteiger partial charge is 0.294 e. The molecule has 100 valence electrons. The van der Waals surface area contributed by atoms with Crippen LogP contribution in [0.15, 0.2) is 10.5 Å². The van der Waals surface area contributed by atoms with Gasteiger partial charge in [0.25, 0.3) is 0 Å². The molecular formula is C13H21N2O2S+. The maximum atomic E-state index is 12.1. The van der Waals surface area contributed by atoms with Crippen LogP contribution in [0, 0.1) is 5.41 Å². The summed E-state index contributed by atoms with van der Waals surface area (Å²) in [5.41, 5.74) is 5.69. The van der Waals surface area contributed by atoms with E-state index >= 15 is 0 Å². The fraction of sp³-hybridized carbons (Fsp3) is 0.615. The van der Waals surface area contributed by atoms with Gasteiger partial charge in [-0.1, -0.05) is 20.8 Å². The Kier molecular flexibility index (Phi) is 4.73. The molecule has 0 spiro atoms. The molecule has 0 saturated heterocycles. The first-order chi connectivity index (χ1) is 8.26. The molecule has 0 aliphatic heterocycles. The van der Waals surface area contributed by atoms with E-state index in [1.165, 1.54) is 0 Å². The molecule has 0 unspecified atom stereocenters. The predicted octanol–water partition coefficient (Wildman–Crippen LogP) is 0.806. The molecule has 0 aromatic carbocycles. The Hall–Kier alpha value is -1.10. The Bertz CT molecular complexity index is 425. The first kappa shape index (κ1) is 15.0. The van der Waals surface area contributed by atoms with Crippen molar-refractivity contribution in [3.8, 4) is 0 Å². The van der Waals surface area contributed by atoms with Crippen molar-refractivity contribution < 1.29 is 15.0 Å². The largest absolute Gasteiger partial charge is 0.304 e. The number of hydrogen-bond acceptors (Lipinski definition) is 3. The zero-order valence-corrected chi connectivity index (χ0v) is 12.0. The van der Waals surface area contributed by atoms with E-state index in [1.54, 1.807) is 0 Å². The molecule has 1 rings (SSSR count). The number of amidine groups is 1. The van der Waals surface area contributed by atoms with Crippen LogP contribution in [0.25, 0.3) is 0 Å². The highest BCUT2D eigenvalue weighted by molar-refractivity contribution is 8.16. The van der Waals surface area contributed by atoms with Gasteiger partial charge in [0.2, 0.25) is 0 Å². The van der Waals surface area contributed by atoms with E-state index in [1.807, 2.05) is 20.8 Å². The maximum Gasteiger partial charge on any atom is 0.304 e. The molecule has 0 aromatic rings. The quantitative estimate of drug-likeness (QED) is 0.449. The topological polar surface area (TPSA) is 85.8 Å². The van der Waals surface area contributed by atoms with Crippen LogP contribution in [0.1, 0.15) is 46.5 Å². The Morgan fingerprint density at radius 2 is 2.06 bits per heavy atom. The Morgan fingerprint density at radius 1 is 1.44 bits per heavy atom. The second kappa shape index (κ2) is 5.69. The van der Waals surface area contributed by atoms with Crippen LogP contribution >= 0.6 is 11.8 Å². The number of carbonyl (C=O) groups excluding carboxylic acids is 2. The number of Topliss-reactive ketones (excluding diaryl/α,β-unsaturated/α-hetero) is 2. The molecule has 0 heterocycles. The van der Waals surface area contributed by atoms with Crippen molar-refractivity contribution in [3.05, 3.63) is 10.5 Å². The van der Waals surface area contributed by atoms with Gasteiger partial charge < -0.3 is 0 Å². The van der Waals surface area contributed by atoms with Gasteiger partial charge in [-0.15, -0.1) is 0 Å². The number of hydrogen-bond donors (Lipinski definition) is 2. The van der Waals surface area contributed by atoms with Crippen LogP contribution in [0.3, 0.4) is 0 Å². The molecule has 0 bridgehead atoms. The lowest BCUT2D eigenvalue weighted by molar-refractivity contribution is -0.123. The lowest BCUT2D eigenvalue weighted by Gasteiger charge is -2.30. The van der Waals surface area contributed by atoms with Crippen LogP contribution in [0.5, 0.6) is 0 Å². The van der Waals surface area contributed by atoms with Crippen molar-refractivity contribution in [1.82, 2.24) is 0 Å². The summed E-state index contributed by atoms with van der Waals surface area (Å²) >= 11 is 1.15. The van der Waals surface area contributed by atoms with Gasteiger partial charge in [-0.05, 0) is 30.0 Å². The summed E-state index contributed by atoms with van der Waals surface area (Å²) in [4.78, 5) is 24.9. The van der Waals surface area contributed by atoms with Gasteiger partial charge >= 0.3 is 5.17 Å². The van der Waals surface area contributed by atoms with E-state index in [0.717, 1.165) is 23.1 Å². The van der Waals surface area contributed by atoms with Gasteiger partial charge in [-0.25, -0.2) is 0 Å². The molecule has 0 fully saturated rings. The van der Waals surface area contributed by atoms with E-state index in [-0.39, 0.29) is 22.1 Å².